The normalized spacial score (nSPS) is 26.1. The van der Waals surface area contributed by atoms with Crippen LogP contribution in [0.25, 0.3) is 0 Å². The molecule has 5 heteroatoms. The summed E-state index contributed by atoms with van der Waals surface area (Å²) >= 11 is 0. The van der Waals surface area contributed by atoms with Gasteiger partial charge in [-0.3, -0.25) is 9.59 Å². The largest absolute Gasteiger partial charge is 0.355 e. The molecule has 0 radical (unpaired) electrons. The van der Waals surface area contributed by atoms with E-state index in [1.165, 1.54) is 0 Å². The molecule has 0 saturated carbocycles. The first-order valence-electron chi connectivity index (χ1n) is 8.14. The number of carbonyl (C=O) groups is 2. The van der Waals surface area contributed by atoms with E-state index in [-0.39, 0.29) is 11.8 Å². The molecule has 21 heavy (non-hydrogen) atoms. The third-order valence-electron chi connectivity index (χ3n) is 4.68. The van der Waals surface area contributed by atoms with Crippen molar-refractivity contribution in [2.75, 3.05) is 32.7 Å². The molecule has 5 nitrogen and oxygen atoms in total. The zero-order chi connectivity index (χ0) is 15.5. The number of hydrogen-bond acceptors (Lipinski definition) is 3. The van der Waals surface area contributed by atoms with E-state index in [1.807, 2.05) is 25.7 Å². The van der Waals surface area contributed by atoms with Crippen molar-refractivity contribution in [2.45, 2.75) is 40.0 Å². The second-order valence-electron chi connectivity index (χ2n) is 7.39. The molecule has 0 aromatic rings. The summed E-state index contributed by atoms with van der Waals surface area (Å²) in [5.41, 5.74) is -0.393. The highest BCUT2D eigenvalue weighted by Crippen LogP contribution is 2.27. The molecule has 0 aliphatic carbocycles. The summed E-state index contributed by atoms with van der Waals surface area (Å²) in [6.07, 6.45) is 2.63. The van der Waals surface area contributed by atoms with E-state index < -0.39 is 5.41 Å². The quantitative estimate of drug-likeness (QED) is 0.816. The Morgan fingerprint density at radius 3 is 2.24 bits per heavy atom. The lowest BCUT2D eigenvalue weighted by Crippen LogP contribution is -2.39. The van der Waals surface area contributed by atoms with Crippen LogP contribution in [0.15, 0.2) is 0 Å². The minimum atomic E-state index is -0.393. The van der Waals surface area contributed by atoms with Crippen LogP contribution in [0.4, 0.5) is 0 Å². The van der Waals surface area contributed by atoms with Gasteiger partial charge in [0.2, 0.25) is 11.8 Å². The molecule has 2 atom stereocenters. The topological polar surface area (TPSA) is 61.4 Å². The van der Waals surface area contributed by atoms with Crippen LogP contribution in [0.1, 0.15) is 40.0 Å². The molecular weight excluding hydrogens is 266 g/mol. The van der Waals surface area contributed by atoms with Crippen LogP contribution < -0.4 is 10.6 Å². The molecule has 2 heterocycles. The Morgan fingerprint density at radius 1 is 1.14 bits per heavy atom. The Kier molecular flexibility index (Phi) is 5.25. The predicted octanol–water partition coefficient (Wildman–Crippen LogP) is 0.997. The predicted molar refractivity (Wildman–Crippen MR) is 82.7 cm³/mol. The molecule has 2 amide bonds. The number of carbonyl (C=O) groups excluding carboxylic acids is 2. The number of rotatable bonds is 3. The fraction of sp³-hybridized carbons (Fsp3) is 0.875. The van der Waals surface area contributed by atoms with Gasteiger partial charge >= 0.3 is 0 Å². The number of hydrogen-bond donors (Lipinski definition) is 2. The zero-order valence-corrected chi connectivity index (χ0v) is 13.6. The van der Waals surface area contributed by atoms with Gasteiger partial charge in [0.15, 0.2) is 0 Å². The molecule has 0 aromatic carbocycles. The first-order chi connectivity index (χ1) is 9.88. The van der Waals surface area contributed by atoms with Gasteiger partial charge in [0, 0.05) is 31.5 Å². The Bertz CT molecular complexity index is 375. The highest BCUT2D eigenvalue weighted by molar-refractivity contribution is 5.82. The van der Waals surface area contributed by atoms with Crippen LogP contribution in [-0.4, -0.2) is 49.4 Å². The van der Waals surface area contributed by atoms with Crippen LogP contribution in [0.2, 0.25) is 0 Å². The first kappa shape index (κ1) is 16.3. The molecule has 120 valence electrons. The van der Waals surface area contributed by atoms with Gasteiger partial charge in [-0.05, 0) is 37.8 Å². The second kappa shape index (κ2) is 6.77. The number of nitrogens with zero attached hydrogens (tertiary/aromatic N) is 1. The van der Waals surface area contributed by atoms with Crippen molar-refractivity contribution in [3.8, 4) is 0 Å². The summed E-state index contributed by atoms with van der Waals surface area (Å²) < 4.78 is 0. The molecular formula is C16H29N3O2. The Morgan fingerprint density at radius 2 is 1.71 bits per heavy atom. The van der Waals surface area contributed by atoms with Gasteiger partial charge in [-0.15, -0.1) is 0 Å². The van der Waals surface area contributed by atoms with Crippen LogP contribution in [-0.2, 0) is 9.59 Å². The summed E-state index contributed by atoms with van der Waals surface area (Å²) in [5, 5.41) is 6.30. The lowest BCUT2D eigenvalue weighted by atomic mass is 9.92. The van der Waals surface area contributed by atoms with Gasteiger partial charge in [-0.25, -0.2) is 0 Å². The Labute approximate surface area is 127 Å². The standard InChI is InChI=1S/C16H29N3O2/c1-16(2,3)15(21)18-7-4-14(20)19-8-5-12-10-17-11-13(12)6-9-19/h12-13,17H,4-11H2,1-3H3,(H,18,21)/t12-,13+. The highest BCUT2D eigenvalue weighted by Gasteiger charge is 2.31. The highest BCUT2D eigenvalue weighted by atomic mass is 16.2. The minimum absolute atomic E-state index is 0.00627. The number of nitrogens with one attached hydrogen (secondary N) is 2. The number of amides is 2. The van der Waals surface area contributed by atoms with E-state index in [1.54, 1.807) is 0 Å². The van der Waals surface area contributed by atoms with Gasteiger partial charge in [0.25, 0.3) is 0 Å². The summed E-state index contributed by atoms with van der Waals surface area (Å²) in [4.78, 5) is 26.0. The average molecular weight is 295 g/mol. The monoisotopic (exact) mass is 295 g/mol. The summed E-state index contributed by atoms with van der Waals surface area (Å²) in [6.45, 7) is 10.0. The molecule has 2 aliphatic rings. The van der Waals surface area contributed by atoms with Crippen LogP contribution in [0, 0.1) is 17.3 Å². The maximum atomic E-state index is 12.3. The molecule has 0 spiro atoms. The van der Waals surface area contributed by atoms with Crippen molar-refractivity contribution in [1.82, 2.24) is 15.5 Å². The SMILES string of the molecule is CC(C)(C)C(=O)NCCC(=O)N1CC[C@@H]2CNC[C@@H]2CC1. The zero-order valence-electron chi connectivity index (χ0n) is 13.6. The average Bonchev–Trinajstić information content (AvgIpc) is 2.76. The third-order valence-corrected chi connectivity index (χ3v) is 4.68. The molecule has 0 aromatic heterocycles. The van der Waals surface area contributed by atoms with Crippen molar-refractivity contribution in [1.29, 1.82) is 0 Å². The van der Waals surface area contributed by atoms with E-state index in [9.17, 15) is 9.59 Å². The summed E-state index contributed by atoms with van der Waals surface area (Å²) in [6, 6.07) is 0. The molecule has 2 saturated heterocycles. The molecule has 2 aliphatic heterocycles. The maximum Gasteiger partial charge on any atom is 0.225 e. The number of likely N-dealkylation sites (tertiary alicyclic amines) is 1. The second-order valence-corrected chi connectivity index (χ2v) is 7.39. The molecule has 2 rings (SSSR count). The van der Waals surface area contributed by atoms with Gasteiger partial charge in [-0.2, -0.15) is 0 Å². The summed E-state index contributed by atoms with van der Waals surface area (Å²) in [5.74, 6) is 1.66. The van der Waals surface area contributed by atoms with E-state index in [0.29, 0.717) is 13.0 Å². The van der Waals surface area contributed by atoms with Gasteiger partial charge < -0.3 is 15.5 Å². The lowest BCUT2D eigenvalue weighted by molar-refractivity contribution is -0.131. The molecule has 2 N–H and O–H groups in total. The number of fused-ring (bicyclic) bond motifs is 1. The molecule has 0 bridgehead atoms. The maximum absolute atomic E-state index is 12.3. The minimum Gasteiger partial charge on any atom is -0.355 e. The smallest absolute Gasteiger partial charge is 0.225 e. The van der Waals surface area contributed by atoms with Crippen molar-refractivity contribution in [2.24, 2.45) is 17.3 Å². The van der Waals surface area contributed by atoms with Crippen LogP contribution >= 0.6 is 0 Å². The van der Waals surface area contributed by atoms with E-state index >= 15 is 0 Å². The van der Waals surface area contributed by atoms with Crippen molar-refractivity contribution in [3.05, 3.63) is 0 Å². The van der Waals surface area contributed by atoms with Crippen molar-refractivity contribution in [3.63, 3.8) is 0 Å². The van der Waals surface area contributed by atoms with E-state index in [0.717, 1.165) is 50.9 Å². The van der Waals surface area contributed by atoms with E-state index in [4.69, 9.17) is 0 Å². The van der Waals surface area contributed by atoms with Crippen molar-refractivity contribution < 1.29 is 9.59 Å². The van der Waals surface area contributed by atoms with Crippen LogP contribution in [0.3, 0.4) is 0 Å². The third kappa shape index (κ3) is 4.43. The fourth-order valence-corrected chi connectivity index (χ4v) is 3.17. The van der Waals surface area contributed by atoms with Crippen LogP contribution in [0.5, 0.6) is 0 Å². The van der Waals surface area contributed by atoms with E-state index in [2.05, 4.69) is 10.6 Å². The fourth-order valence-electron chi connectivity index (χ4n) is 3.17. The molecule has 0 unspecified atom stereocenters. The first-order valence-corrected chi connectivity index (χ1v) is 8.14. The lowest BCUT2D eigenvalue weighted by Gasteiger charge is -2.22. The van der Waals surface area contributed by atoms with Gasteiger partial charge in [-0.1, -0.05) is 20.8 Å². The Hall–Kier alpha value is -1.10. The van der Waals surface area contributed by atoms with Gasteiger partial charge in [0.1, 0.15) is 0 Å². The Balaban J connectivity index is 1.72. The summed E-state index contributed by atoms with van der Waals surface area (Å²) in [7, 11) is 0. The van der Waals surface area contributed by atoms with Gasteiger partial charge in [0.05, 0.1) is 0 Å². The molecule has 2 fully saturated rings. The van der Waals surface area contributed by atoms with Crippen molar-refractivity contribution >= 4 is 11.8 Å².